The Morgan fingerprint density at radius 2 is 0.783 bits per heavy atom. The van der Waals surface area contributed by atoms with Crippen molar-refractivity contribution < 1.29 is 31.1 Å². The van der Waals surface area contributed by atoms with E-state index in [1.54, 1.807) is 0 Å². The smallest absolute Gasteiger partial charge is 0.263 e. The zero-order chi connectivity index (χ0) is 15.9. The molecule has 0 aliphatic heterocycles. The average molecular weight is 581 g/mol. The van der Waals surface area contributed by atoms with Crippen molar-refractivity contribution in [3.05, 3.63) is 45.6 Å². The van der Waals surface area contributed by atoms with Crippen molar-refractivity contribution in [3.8, 4) is 0 Å². The molecule has 0 amide bonds. The summed E-state index contributed by atoms with van der Waals surface area (Å²) in [7, 11) is 0. The summed E-state index contributed by atoms with van der Waals surface area (Å²) in [5, 5.41) is 0. The van der Waals surface area contributed by atoms with E-state index in [0.717, 1.165) is 0 Å². The molecule has 0 nitrogen and oxygen atoms in total. The van der Waals surface area contributed by atoms with Crippen LogP contribution in [0.4, 0.5) is 0 Å². The first-order chi connectivity index (χ1) is 8.90. The maximum Gasteiger partial charge on any atom is 2.00 e. The van der Waals surface area contributed by atoms with Crippen molar-refractivity contribution in [2.45, 2.75) is 69.2 Å². The van der Waals surface area contributed by atoms with E-state index < -0.39 is 0 Å². The standard InChI is InChI=1S/2C10H15.2ClH.U/c2*1-7-6-10(4,5)9(3)8(7)2;;;/h2*1-5H3;2*1H;/q2*-1;;;+2. The predicted octanol–water partition coefficient (Wildman–Crippen LogP) is 7.07. The third kappa shape index (κ3) is 6.43. The molecule has 0 saturated heterocycles. The number of rotatable bonds is 0. The van der Waals surface area contributed by atoms with Gasteiger partial charge in [-0.1, -0.05) is 66.2 Å². The molecule has 0 N–H and O–H groups in total. The van der Waals surface area contributed by atoms with E-state index in [4.69, 9.17) is 0 Å². The molecule has 0 unspecified atom stereocenters. The molecule has 0 aromatic carbocycles. The molecule has 0 heterocycles. The molecule has 0 fully saturated rings. The molecule has 2 aliphatic carbocycles. The van der Waals surface area contributed by atoms with E-state index in [2.05, 4.69) is 81.4 Å². The molecular weight excluding hydrogens is 549 g/mol. The zero-order valence-electron chi connectivity index (χ0n) is 16.3. The Morgan fingerprint density at radius 3 is 0.826 bits per heavy atom. The number of hydrogen-bond donors (Lipinski definition) is 0. The molecule has 3 heteroatoms. The van der Waals surface area contributed by atoms with E-state index in [1.807, 2.05) is 0 Å². The summed E-state index contributed by atoms with van der Waals surface area (Å²) in [5.74, 6) is 0. The number of hydrogen-bond acceptors (Lipinski definition) is 0. The topological polar surface area (TPSA) is 0 Å². The van der Waals surface area contributed by atoms with E-state index in [0.29, 0.717) is 0 Å². The minimum atomic E-state index is 0. The SMILES string of the molecule is CC1=[C-]C(C)(C)C(C)=C1C.CC1=[C-]C(C)(C)C(C)=C1C.Cl.Cl.[U+2]. The van der Waals surface area contributed by atoms with Gasteiger partial charge in [-0.15, -0.1) is 38.7 Å². The van der Waals surface area contributed by atoms with Gasteiger partial charge in [0, 0.05) is 0 Å². The Hall–Kier alpha value is 0.592. The average Bonchev–Trinajstić information content (AvgIpc) is 2.60. The second kappa shape index (κ2) is 9.92. The van der Waals surface area contributed by atoms with Crippen molar-refractivity contribution in [1.29, 1.82) is 0 Å². The number of allylic oxidation sites excluding steroid dienone is 8. The van der Waals surface area contributed by atoms with Crippen LogP contribution in [0.2, 0.25) is 0 Å². The van der Waals surface area contributed by atoms with Gasteiger partial charge in [0.1, 0.15) is 0 Å². The van der Waals surface area contributed by atoms with Crippen LogP contribution in [0.25, 0.3) is 0 Å². The van der Waals surface area contributed by atoms with Crippen LogP contribution in [0.5, 0.6) is 0 Å². The first-order valence-corrected chi connectivity index (χ1v) is 7.50. The fourth-order valence-electron chi connectivity index (χ4n) is 2.81. The maximum absolute atomic E-state index is 3.44. The minimum Gasteiger partial charge on any atom is -0.263 e. The van der Waals surface area contributed by atoms with Crippen molar-refractivity contribution in [3.63, 3.8) is 0 Å². The van der Waals surface area contributed by atoms with Crippen LogP contribution in [0.3, 0.4) is 0 Å². The second-order valence-electron chi connectivity index (χ2n) is 7.25. The van der Waals surface area contributed by atoms with Crippen molar-refractivity contribution in [2.24, 2.45) is 10.8 Å². The van der Waals surface area contributed by atoms with Crippen LogP contribution in [0.15, 0.2) is 33.4 Å². The van der Waals surface area contributed by atoms with E-state index in [1.165, 1.54) is 33.4 Å². The Kier molecular flexibility index (Phi) is 12.2. The molecule has 2 rings (SSSR count). The van der Waals surface area contributed by atoms with E-state index in [-0.39, 0.29) is 66.8 Å². The van der Waals surface area contributed by atoms with Crippen LogP contribution in [-0.4, -0.2) is 0 Å². The van der Waals surface area contributed by atoms with Crippen LogP contribution < -0.4 is 0 Å². The fourth-order valence-corrected chi connectivity index (χ4v) is 2.81. The van der Waals surface area contributed by atoms with Gasteiger partial charge in [0.15, 0.2) is 0 Å². The largest absolute Gasteiger partial charge is 2.00 e. The molecule has 0 saturated carbocycles. The molecule has 2 aliphatic rings. The fraction of sp³-hybridized carbons (Fsp3) is 0.600. The van der Waals surface area contributed by atoms with Crippen molar-refractivity contribution >= 4 is 24.8 Å². The van der Waals surface area contributed by atoms with Crippen LogP contribution in [0, 0.1) is 54.1 Å². The van der Waals surface area contributed by atoms with Crippen molar-refractivity contribution in [2.75, 3.05) is 0 Å². The first kappa shape index (κ1) is 28.4. The summed E-state index contributed by atoms with van der Waals surface area (Å²) in [6.07, 6.45) is 6.87. The van der Waals surface area contributed by atoms with Gasteiger partial charge >= 0.3 is 31.1 Å². The summed E-state index contributed by atoms with van der Waals surface area (Å²) in [6.45, 7) is 21.8. The van der Waals surface area contributed by atoms with Gasteiger partial charge in [-0.2, -0.15) is 22.3 Å². The summed E-state index contributed by atoms with van der Waals surface area (Å²) in [6, 6.07) is 0. The van der Waals surface area contributed by atoms with Crippen molar-refractivity contribution in [1.82, 2.24) is 0 Å². The van der Waals surface area contributed by atoms with Gasteiger partial charge in [0.25, 0.3) is 0 Å². The molecule has 0 aromatic heterocycles. The summed E-state index contributed by atoms with van der Waals surface area (Å²) < 4.78 is 0. The molecule has 130 valence electrons. The minimum absolute atomic E-state index is 0. The van der Waals surface area contributed by atoms with Gasteiger partial charge in [-0.05, 0) is 0 Å². The Morgan fingerprint density at radius 1 is 0.565 bits per heavy atom. The molecular formula is C20H32Cl2U. The molecule has 23 heavy (non-hydrogen) atoms. The Bertz CT molecular complexity index is 494. The van der Waals surface area contributed by atoms with E-state index >= 15 is 0 Å². The monoisotopic (exact) mass is 580 g/mol. The molecule has 0 spiro atoms. The first-order valence-electron chi connectivity index (χ1n) is 7.50. The zero-order valence-corrected chi connectivity index (χ0v) is 22.1. The molecule has 0 radical (unpaired) electrons. The number of halogens is 2. The third-order valence-corrected chi connectivity index (χ3v) is 5.12. The van der Waals surface area contributed by atoms with Gasteiger partial charge in [-0.3, -0.25) is 12.2 Å². The van der Waals surface area contributed by atoms with Gasteiger partial charge in [0.2, 0.25) is 0 Å². The summed E-state index contributed by atoms with van der Waals surface area (Å²) >= 11 is 0. The Balaban J connectivity index is -0.000000308. The maximum atomic E-state index is 3.44. The van der Waals surface area contributed by atoms with Gasteiger partial charge in [-0.25, -0.2) is 11.1 Å². The molecule has 0 atom stereocenters. The predicted molar refractivity (Wildman–Crippen MR) is 104 cm³/mol. The Labute approximate surface area is 180 Å². The molecule has 0 aromatic rings. The van der Waals surface area contributed by atoms with Gasteiger partial charge < -0.3 is 0 Å². The molecule has 0 bridgehead atoms. The van der Waals surface area contributed by atoms with Crippen LogP contribution in [-0.2, 0) is 0 Å². The third-order valence-electron chi connectivity index (χ3n) is 5.12. The van der Waals surface area contributed by atoms with Crippen LogP contribution in [0.1, 0.15) is 69.2 Å². The second-order valence-corrected chi connectivity index (χ2v) is 7.25. The van der Waals surface area contributed by atoms with Crippen LogP contribution >= 0.6 is 24.8 Å². The quantitative estimate of drug-likeness (QED) is 0.269. The summed E-state index contributed by atoms with van der Waals surface area (Å²) in [5.41, 5.74) is 8.79. The van der Waals surface area contributed by atoms with Gasteiger partial charge in [0.05, 0.1) is 0 Å². The normalized spacial score (nSPS) is 20.4. The summed E-state index contributed by atoms with van der Waals surface area (Å²) in [4.78, 5) is 0. The van der Waals surface area contributed by atoms with E-state index in [9.17, 15) is 0 Å².